The molecule has 0 spiro atoms. The van der Waals surface area contributed by atoms with E-state index >= 15 is 0 Å². The maximum Gasteiger partial charge on any atom is 0.242 e. The Morgan fingerprint density at radius 3 is 2.82 bits per heavy atom. The summed E-state index contributed by atoms with van der Waals surface area (Å²) in [6.07, 6.45) is 2.88. The van der Waals surface area contributed by atoms with Gasteiger partial charge in [0.25, 0.3) is 0 Å². The minimum atomic E-state index is -0.0167. The minimum absolute atomic E-state index is 0.0167. The van der Waals surface area contributed by atoms with Crippen LogP contribution in [-0.4, -0.2) is 47.1 Å². The number of pyridine rings is 1. The van der Waals surface area contributed by atoms with Gasteiger partial charge in [0.2, 0.25) is 11.8 Å². The van der Waals surface area contributed by atoms with Crippen molar-refractivity contribution in [3.8, 4) is 0 Å². The van der Waals surface area contributed by atoms with Crippen LogP contribution in [0.4, 0.5) is 5.69 Å². The first-order valence-electron chi connectivity index (χ1n) is 7.70. The maximum atomic E-state index is 12.6. The van der Waals surface area contributed by atoms with Gasteiger partial charge in [0.1, 0.15) is 11.6 Å². The summed E-state index contributed by atoms with van der Waals surface area (Å²) in [5, 5.41) is 0.829. The molecule has 1 saturated heterocycles. The van der Waals surface area contributed by atoms with E-state index in [4.69, 9.17) is 0 Å². The molecule has 118 valence electrons. The van der Waals surface area contributed by atoms with Gasteiger partial charge in [0.15, 0.2) is 0 Å². The fourth-order valence-corrected chi connectivity index (χ4v) is 4.19. The van der Waals surface area contributed by atoms with Gasteiger partial charge in [-0.05, 0) is 30.4 Å². The van der Waals surface area contributed by atoms with E-state index in [2.05, 4.69) is 18.8 Å². The molecule has 0 aliphatic carbocycles. The number of carbonyl (C=O) groups excluding carboxylic acids is 2. The molecular formula is C16H21N3O2S. The van der Waals surface area contributed by atoms with E-state index in [-0.39, 0.29) is 18.4 Å². The van der Waals surface area contributed by atoms with Gasteiger partial charge in [0.05, 0.1) is 11.4 Å². The quantitative estimate of drug-likeness (QED) is 0.837. The number of amides is 2. The van der Waals surface area contributed by atoms with E-state index in [1.165, 1.54) is 11.8 Å². The standard InChI is InChI=1S/C16H21N3O2S/c1-11-6-12(2)8-18(7-11)14(20)9-19-13-4-3-5-17-16(13)22-10-15(19)21/h3-5,11-12H,6-10H2,1-2H3. The van der Waals surface area contributed by atoms with Gasteiger partial charge in [-0.2, -0.15) is 0 Å². The Labute approximate surface area is 135 Å². The van der Waals surface area contributed by atoms with Gasteiger partial charge in [-0.25, -0.2) is 4.98 Å². The molecule has 1 fully saturated rings. The van der Waals surface area contributed by atoms with Crippen LogP contribution < -0.4 is 4.90 Å². The first-order chi connectivity index (χ1) is 10.5. The van der Waals surface area contributed by atoms with Gasteiger partial charge in [-0.3, -0.25) is 14.5 Å². The zero-order chi connectivity index (χ0) is 15.7. The summed E-state index contributed by atoms with van der Waals surface area (Å²) in [5.74, 6) is 1.42. The number of hydrogen-bond donors (Lipinski definition) is 0. The van der Waals surface area contributed by atoms with Crippen molar-refractivity contribution in [1.82, 2.24) is 9.88 Å². The molecule has 3 heterocycles. The Hall–Kier alpha value is -1.56. The fourth-order valence-electron chi connectivity index (χ4n) is 3.32. The number of nitrogens with zero attached hydrogens (tertiary/aromatic N) is 3. The Morgan fingerprint density at radius 2 is 2.09 bits per heavy atom. The third kappa shape index (κ3) is 3.11. The molecular weight excluding hydrogens is 298 g/mol. The highest BCUT2D eigenvalue weighted by atomic mass is 32.2. The van der Waals surface area contributed by atoms with Crippen LogP contribution in [0, 0.1) is 11.8 Å². The van der Waals surface area contributed by atoms with Crippen molar-refractivity contribution in [1.29, 1.82) is 0 Å². The van der Waals surface area contributed by atoms with Crippen LogP contribution in [-0.2, 0) is 9.59 Å². The molecule has 2 amide bonds. The predicted octanol–water partition coefficient (Wildman–Crippen LogP) is 2.02. The maximum absolute atomic E-state index is 12.6. The molecule has 6 heteroatoms. The van der Waals surface area contributed by atoms with Crippen molar-refractivity contribution in [2.45, 2.75) is 25.3 Å². The molecule has 22 heavy (non-hydrogen) atoms. The molecule has 2 atom stereocenters. The van der Waals surface area contributed by atoms with Gasteiger partial charge in [-0.1, -0.05) is 25.6 Å². The van der Waals surface area contributed by atoms with E-state index in [1.54, 1.807) is 17.2 Å². The highest BCUT2D eigenvalue weighted by Crippen LogP contribution is 2.33. The number of likely N-dealkylation sites (tertiary alicyclic amines) is 1. The lowest BCUT2D eigenvalue weighted by Crippen LogP contribution is -2.49. The Bertz CT molecular complexity index is 583. The molecule has 0 aromatic carbocycles. The highest BCUT2D eigenvalue weighted by molar-refractivity contribution is 8.00. The number of carbonyl (C=O) groups is 2. The molecule has 5 nitrogen and oxygen atoms in total. The van der Waals surface area contributed by atoms with E-state index in [0.29, 0.717) is 17.6 Å². The first-order valence-corrected chi connectivity index (χ1v) is 8.69. The second-order valence-electron chi connectivity index (χ2n) is 6.34. The summed E-state index contributed by atoms with van der Waals surface area (Å²) < 4.78 is 0. The summed E-state index contributed by atoms with van der Waals surface area (Å²) in [5.41, 5.74) is 0.759. The summed E-state index contributed by atoms with van der Waals surface area (Å²) in [4.78, 5) is 32.6. The molecule has 0 saturated carbocycles. The molecule has 1 aromatic heterocycles. The van der Waals surface area contributed by atoms with Gasteiger partial charge in [-0.15, -0.1) is 0 Å². The summed E-state index contributed by atoms with van der Waals surface area (Å²) in [6, 6.07) is 3.67. The van der Waals surface area contributed by atoms with Gasteiger partial charge < -0.3 is 4.90 Å². The zero-order valence-corrected chi connectivity index (χ0v) is 13.8. The lowest BCUT2D eigenvalue weighted by atomic mass is 9.92. The molecule has 0 bridgehead atoms. The number of anilines is 1. The van der Waals surface area contributed by atoms with Crippen LogP contribution in [0.2, 0.25) is 0 Å². The molecule has 3 rings (SSSR count). The Kier molecular flexibility index (Phi) is 4.38. The molecule has 0 N–H and O–H groups in total. The van der Waals surface area contributed by atoms with Crippen molar-refractivity contribution >= 4 is 29.3 Å². The minimum Gasteiger partial charge on any atom is -0.341 e. The number of rotatable bonds is 2. The Balaban J connectivity index is 1.75. The molecule has 2 aliphatic heterocycles. The number of piperidine rings is 1. The lowest BCUT2D eigenvalue weighted by molar-refractivity contribution is -0.133. The van der Waals surface area contributed by atoms with Crippen LogP contribution >= 0.6 is 11.8 Å². The third-order valence-corrected chi connectivity index (χ3v) is 5.17. The van der Waals surface area contributed by atoms with Crippen molar-refractivity contribution in [2.24, 2.45) is 11.8 Å². The molecule has 2 aliphatic rings. The number of aromatic nitrogens is 1. The second kappa shape index (κ2) is 6.28. The topological polar surface area (TPSA) is 53.5 Å². The van der Waals surface area contributed by atoms with Crippen molar-refractivity contribution in [2.75, 3.05) is 30.3 Å². The van der Waals surface area contributed by atoms with Crippen LogP contribution in [0.25, 0.3) is 0 Å². The molecule has 1 aromatic rings. The van der Waals surface area contributed by atoms with E-state index in [1.807, 2.05) is 11.0 Å². The van der Waals surface area contributed by atoms with Crippen LogP contribution in [0.15, 0.2) is 23.4 Å². The average Bonchev–Trinajstić information content (AvgIpc) is 2.49. The van der Waals surface area contributed by atoms with Gasteiger partial charge >= 0.3 is 0 Å². The largest absolute Gasteiger partial charge is 0.341 e. The van der Waals surface area contributed by atoms with E-state index in [9.17, 15) is 9.59 Å². The average molecular weight is 319 g/mol. The predicted molar refractivity (Wildman–Crippen MR) is 86.8 cm³/mol. The van der Waals surface area contributed by atoms with Crippen LogP contribution in [0.3, 0.4) is 0 Å². The van der Waals surface area contributed by atoms with Crippen LogP contribution in [0.1, 0.15) is 20.3 Å². The van der Waals surface area contributed by atoms with Crippen molar-refractivity contribution in [3.63, 3.8) is 0 Å². The summed E-state index contributed by atoms with van der Waals surface area (Å²) in [7, 11) is 0. The normalized spacial score (nSPS) is 25.1. The number of hydrogen-bond acceptors (Lipinski definition) is 4. The zero-order valence-electron chi connectivity index (χ0n) is 13.0. The van der Waals surface area contributed by atoms with Crippen molar-refractivity contribution < 1.29 is 9.59 Å². The number of fused-ring (bicyclic) bond motifs is 1. The summed E-state index contributed by atoms with van der Waals surface area (Å²) in [6.45, 7) is 6.06. The SMILES string of the molecule is CC1CC(C)CN(C(=O)CN2C(=O)CSc3ncccc32)C1. The van der Waals surface area contributed by atoms with Crippen LogP contribution in [0.5, 0.6) is 0 Å². The third-order valence-electron chi connectivity index (χ3n) is 4.19. The first kappa shape index (κ1) is 15.3. The van der Waals surface area contributed by atoms with Crippen molar-refractivity contribution in [3.05, 3.63) is 18.3 Å². The molecule has 2 unspecified atom stereocenters. The van der Waals surface area contributed by atoms with Gasteiger partial charge in [0, 0.05) is 19.3 Å². The number of thioether (sulfide) groups is 1. The second-order valence-corrected chi connectivity index (χ2v) is 7.31. The fraction of sp³-hybridized carbons (Fsp3) is 0.562. The van der Waals surface area contributed by atoms with E-state index in [0.717, 1.165) is 30.2 Å². The Morgan fingerprint density at radius 1 is 1.36 bits per heavy atom. The lowest BCUT2D eigenvalue weighted by Gasteiger charge is -2.36. The monoisotopic (exact) mass is 319 g/mol. The summed E-state index contributed by atoms with van der Waals surface area (Å²) >= 11 is 1.44. The highest BCUT2D eigenvalue weighted by Gasteiger charge is 2.31. The molecule has 0 radical (unpaired) electrons. The smallest absolute Gasteiger partial charge is 0.242 e. The van der Waals surface area contributed by atoms with E-state index < -0.39 is 0 Å².